The molecule has 1 aliphatic rings. The van der Waals surface area contributed by atoms with Crippen LogP contribution in [0.2, 0.25) is 0 Å². The number of hydrogen-bond donors (Lipinski definition) is 3. The first-order valence-corrected chi connectivity index (χ1v) is 7.99. The number of primary amides is 1. The number of rotatable bonds is 3. The topological polar surface area (TPSA) is 119 Å². The minimum atomic E-state index is -0.566. The van der Waals surface area contributed by atoms with E-state index in [-0.39, 0.29) is 5.75 Å². The van der Waals surface area contributed by atoms with Crippen LogP contribution in [0.5, 0.6) is 5.75 Å². The van der Waals surface area contributed by atoms with Gasteiger partial charge in [0.25, 0.3) is 0 Å². The van der Waals surface area contributed by atoms with E-state index >= 15 is 0 Å². The molecule has 2 aromatic heterocycles. The highest BCUT2D eigenvalue weighted by Crippen LogP contribution is 2.35. The lowest BCUT2D eigenvalue weighted by atomic mass is 9.99. The molecular weight excluding hydrogens is 332 g/mol. The molecule has 26 heavy (non-hydrogen) atoms. The Balaban J connectivity index is 1.87. The van der Waals surface area contributed by atoms with Crippen LogP contribution in [-0.2, 0) is 4.79 Å². The van der Waals surface area contributed by atoms with Crippen LogP contribution in [0, 0.1) is 0 Å². The van der Waals surface area contributed by atoms with E-state index in [1.54, 1.807) is 48.1 Å². The van der Waals surface area contributed by atoms with Crippen LogP contribution < -0.4 is 11.1 Å². The Morgan fingerprint density at radius 1 is 1.23 bits per heavy atom. The number of anilines is 1. The Morgan fingerprint density at radius 2 is 2.00 bits per heavy atom. The average molecular weight is 348 g/mol. The maximum absolute atomic E-state index is 12.1. The zero-order chi connectivity index (χ0) is 18.3. The molecule has 1 unspecified atom stereocenters. The fourth-order valence-corrected chi connectivity index (χ4v) is 3.01. The van der Waals surface area contributed by atoms with Crippen LogP contribution in [0.4, 0.5) is 5.95 Å². The number of carbonyl (C=O) groups excluding carboxylic acids is 1. The van der Waals surface area contributed by atoms with Crippen LogP contribution in [0.25, 0.3) is 11.4 Å². The van der Waals surface area contributed by atoms with Crippen LogP contribution >= 0.6 is 0 Å². The van der Waals surface area contributed by atoms with Crippen molar-refractivity contribution < 1.29 is 9.90 Å². The molecule has 1 aromatic carbocycles. The number of nitrogens with zero attached hydrogens (tertiary/aromatic N) is 4. The maximum Gasteiger partial charge on any atom is 0.248 e. The number of nitrogens with one attached hydrogen (secondary N) is 1. The lowest BCUT2D eigenvalue weighted by Gasteiger charge is -2.26. The predicted octanol–water partition coefficient (Wildman–Crippen LogP) is 1.82. The second-order valence-electron chi connectivity index (χ2n) is 5.94. The average Bonchev–Trinajstić information content (AvgIpc) is 3.05. The largest absolute Gasteiger partial charge is 0.508 e. The molecule has 1 aliphatic heterocycles. The van der Waals surface area contributed by atoms with Crippen molar-refractivity contribution in [2.45, 2.75) is 13.0 Å². The molecular formula is C18H16N6O2. The zero-order valence-electron chi connectivity index (χ0n) is 13.9. The van der Waals surface area contributed by atoms with Gasteiger partial charge in [-0.15, -0.1) is 5.10 Å². The van der Waals surface area contributed by atoms with E-state index < -0.39 is 11.9 Å². The molecule has 3 aromatic rings. The molecule has 130 valence electrons. The predicted molar refractivity (Wildman–Crippen MR) is 95.0 cm³/mol. The second kappa shape index (κ2) is 5.99. The minimum Gasteiger partial charge on any atom is -0.508 e. The van der Waals surface area contributed by atoms with Gasteiger partial charge in [0.1, 0.15) is 11.8 Å². The number of phenols is 1. The molecule has 0 radical (unpaired) electrons. The summed E-state index contributed by atoms with van der Waals surface area (Å²) in [4.78, 5) is 21.0. The summed E-state index contributed by atoms with van der Waals surface area (Å²) in [5.41, 5.74) is 8.01. The van der Waals surface area contributed by atoms with Gasteiger partial charge in [-0.05, 0) is 43.3 Å². The van der Waals surface area contributed by atoms with E-state index in [1.165, 1.54) is 0 Å². The molecule has 4 rings (SSSR count). The summed E-state index contributed by atoms with van der Waals surface area (Å²) in [5, 5.41) is 17.1. The first kappa shape index (κ1) is 15.8. The monoisotopic (exact) mass is 348 g/mol. The van der Waals surface area contributed by atoms with E-state index in [0.717, 1.165) is 5.56 Å². The third-order valence-electron chi connectivity index (χ3n) is 4.21. The number of pyridine rings is 1. The number of aromatic hydroxyl groups is 1. The van der Waals surface area contributed by atoms with Crippen molar-refractivity contribution in [3.05, 3.63) is 65.6 Å². The number of nitrogens with two attached hydrogens (primary N) is 1. The molecule has 0 bridgehead atoms. The molecule has 4 N–H and O–H groups in total. The molecule has 8 heteroatoms. The zero-order valence-corrected chi connectivity index (χ0v) is 13.9. The summed E-state index contributed by atoms with van der Waals surface area (Å²) in [6, 6.07) is 11.5. The summed E-state index contributed by atoms with van der Waals surface area (Å²) in [7, 11) is 0. The van der Waals surface area contributed by atoms with Gasteiger partial charge in [0, 0.05) is 17.5 Å². The van der Waals surface area contributed by atoms with Gasteiger partial charge in [-0.2, -0.15) is 4.98 Å². The van der Waals surface area contributed by atoms with Crippen molar-refractivity contribution in [1.82, 2.24) is 19.7 Å². The lowest BCUT2D eigenvalue weighted by molar-refractivity contribution is -0.115. The van der Waals surface area contributed by atoms with Crippen molar-refractivity contribution in [2.75, 3.05) is 5.32 Å². The fraction of sp³-hybridized carbons (Fsp3) is 0.111. The number of hydrogen-bond acceptors (Lipinski definition) is 6. The number of phenolic OH excluding ortho intramolecular Hbond substituents is 1. The number of benzene rings is 1. The van der Waals surface area contributed by atoms with Gasteiger partial charge in [-0.25, -0.2) is 4.68 Å². The molecule has 0 saturated carbocycles. The first-order valence-electron chi connectivity index (χ1n) is 7.99. The van der Waals surface area contributed by atoms with Gasteiger partial charge in [0.2, 0.25) is 11.9 Å². The van der Waals surface area contributed by atoms with Crippen LogP contribution in [-0.4, -0.2) is 30.8 Å². The summed E-state index contributed by atoms with van der Waals surface area (Å²) in [6.45, 7) is 1.77. The molecule has 1 amide bonds. The molecule has 0 spiro atoms. The third kappa shape index (κ3) is 2.57. The van der Waals surface area contributed by atoms with E-state index in [1.807, 2.05) is 12.1 Å². The third-order valence-corrected chi connectivity index (χ3v) is 4.21. The molecule has 3 heterocycles. The highest BCUT2D eigenvalue weighted by Gasteiger charge is 2.34. The van der Waals surface area contributed by atoms with Crippen LogP contribution in [0.15, 0.2) is 59.9 Å². The SMILES string of the molecule is CC1=C(C(N)=O)C(c2ccccn2)n2nc(-c3ccc(O)cc3)nc2N1. The Labute approximate surface area is 149 Å². The van der Waals surface area contributed by atoms with Crippen molar-refractivity contribution in [1.29, 1.82) is 0 Å². The highest BCUT2D eigenvalue weighted by molar-refractivity contribution is 5.95. The Morgan fingerprint density at radius 3 is 2.65 bits per heavy atom. The van der Waals surface area contributed by atoms with Gasteiger partial charge in [0.15, 0.2) is 5.82 Å². The summed E-state index contributed by atoms with van der Waals surface area (Å²) < 4.78 is 1.61. The van der Waals surface area contributed by atoms with Gasteiger partial charge in [0.05, 0.1) is 11.3 Å². The Bertz CT molecular complexity index is 1010. The van der Waals surface area contributed by atoms with Gasteiger partial charge < -0.3 is 16.2 Å². The lowest BCUT2D eigenvalue weighted by Crippen LogP contribution is -2.32. The number of fused-ring (bicyclic) bond motifs is 1. The maximum atomic E-state index is 12.1. The molecule has 1 atom stereocenters. The van der Waals surface area contributed by atoms with Crippen LogP contribution in [0.1, 0.15) is 18.7 Å². The minimum absolute atomic E-state index is 0.163. The standard InChI is InChI=1S/C18H16N6O2/c1-10-14(16(19)26)15(13-4-2-3-9-20-13)24-18(21-10)22-17(23-24)11-5-7-12(25)8-6-11/h2-9,15,25H,1H3,(H2,19,26)(H,21,22,23). The Hall–Kier alpha value is -3.68. The summed E-state index contributed by atoms with van der Waals surface area (Å²) in [6.07, 6.45) is 1.66. The smallest absolute Gasteiger partial charge is 0.248 e. The normalized spacial score (nSPS) is 16.1. The number of amides is 1. The molecule has 0 fully saturated rings. The quantitative estimate of drug-likeness (QED) is 0.664. The fourth-order valence-electron chi connectivity index (χ4n) is 3.01. The molecule has 0 aliphatic carbocycles. The van der Waals surface area contributed by atoms with E-state index in [2.05, 4.69) is 20.4 Å². The van der Waals surface area contributed by atoms with Crippen molar-refractivity contribution in [2.24, 2.45) is 5.73 Å². The first-order chi connectivity index (χ1) is 12.5. The number of aromatic nitrogens is 4. The van der Waals surface area contributed by atoms with Gasteiger partial charge in [-0.1, -0.05) is 6.07 Å². The molecule has 0 saturated heterocycles. The van der Waals surface area contributed by atoms with Crippen LogP contribution in [0.3, 0.4) is 0 Å². The van der Waals surface area contributed by atoms with Gasteiger partial charge >= 0.3 is 0 Å². The number of allylic oxidation sites excluding steroid dienone is 1. The number of carbonyl (C=O) groups is 1. The van der Waals surface area contributed by atoms with E-state index in [9.17, 15) is 9.90 Å². The van der Waals surface area contributed by atoms with Crippen molar-refractivity contribution in [3.63, 3.8) is 0 Å². The summed E-state index contributed by atoms with van der Waals surface area (Å²) in [5.74, 6) is 0.576. The highest BCUT2D eigenvalue weighted by atomic mass is 16.3. The molecule has 8 nitrogen and oxygen atoms in total. The Kier molecular flexibility index (Phi) is 3.65. The van der Waals surface area contributed by atoms with E-state index in [0.29, 0.717) is 28.7 Å². The van der Waals surface area contributed by atoms with Gasteiger partial charge in [-0.3, -0.25) is 9.78 Å². The van der Waals surface area contributed by atoms with Crippen molar-refractivity contribution in [3.8, 4) is 17.1 Å². The summed E-state index contributed by atoms with van der Waals surface area (Å²) >= 11 is 0. The second-order valence-corrected chi connectivity index (χ2v) is 5.94. The van der Waals surface area contributed by atoms with E-state index in [4.69, 9.17) is 5.73 Å². The van der Waals surface area contributed by atoms with Crippen molar-refractivity contribution >= 4 is 11.9 Å².